The fraction of sp³-hybridized carbons (Fsp3) is 0.333. The molecule has 0 N–H and O–H groups in total. The number of ether oxygens (including phenoxy) is 1. The number of unbranched alkanes of at least 4 members (excludes halogenated alkanes) is 2. The van der Waals surface area contributed by atoms with Crippen LogP contribution in [0, 0.1) is 0 Å². The highest BCUT2D eigenvalue weighted by Gasteiger charge is 2.04. The molecule has 4 heteroatoms. The predicted octanol–water partition coefficient (Wildman–Crippen LogP) is 3.27. The predicted molar refractivity (Wildman–Crippen MR) is 72.7 cm³/mol. The van der Waals surface area contributed by atoms with Crippen LogP contribution in [0.3, 0.4) is 0 Å². The first kappa shape index (κ1) is 13.3. The first-order chi connectivity index (χ1) is 9.29. The minimum absolute atomic E-state index is 0.362. The van der Waals surface area contributed by atoms with Crippen LogP contribution in [0.1, 0.15) is 25.2 Å². The highest BCUT2D eigenvalue weighted by Crippen LogP contribution is 2.16. The number of aromatic nitrogens is 1. The molecular weight excluding hydrogens is 242 g/mol. The Labute approximate surface area is 112 Å². The highest BCUT2D eigenvalue weighted by molar-refractivity contribution is 5.81. The number of carbonyl (C=O) groups excluding carboxylic acids is 1. The van der Waals surface area contributed by atoms with Crippen LogP contribution in [0.4, 0.5) is 0 Å². The zero-order valence-corrected chi connectivity index (χ0v) is 10.8. The number of aryl methyl sites for hydroxylation is 1. The molecule has 0 bridgehead atoms. The van der Waals surface area contributed by atoms with Crippen molar-refractivity contribution in [1.29, 1.82) is 0 Å². The van der Waals surface area contributed by atoms with Gasteiger partial charge in [0.05, 0.1) is 6.61 Å². The molecule has 1 heterocycles. The van der Waals surface area contributed by atoms with E-state index < -0.39 is 0 Å². The number of nitrogens with zero attached hydrogens (tertiary/aromatic N) is 1. The van der Waals surface area contributed by atoms with Gasteiger partial charge in [0.25, 0.3) is 0 Å². The van der Waals surface area contributed by atoms with Crippen molar-refractivity contribution < 1.29 is 13.9 Å². The van der Waals surface area contributed by atoms with Crippen molar-refractivity contribution in [3.8, 4) is 0 Å². The van der Waals surface area contributed by atoms with Crippen LogP contribution in [0.5, 0.6) is 0 Å². The van der Waals surface area contributed by atoms with Gasteiger partial charge in [-0.05, 0) is 31.4 Å². The number of esters is 1. The van der Waals surface area contributed by atoms with Gasteiger partial charge in [-0.3, -0.25) is 0 Å². The molecule has 1 aromatic heterocycles. The van der Waals surface area contributed by atoms with Crippen LogP contribution in [0.15, 0.2) is 41.3 Å². The number of benzene rings is 1. The largest absolute Gasteiger partial charge is 0.463 e. The van der Waals surface area contributed by atoms with Crippen LogP contribution >= 0.6 is 0 Å². The van der Waals surface area contributed by atoms with E-state index in [9.17, 15) is 4.79 Å². The van der Waals surface area contributed by atoms with Gasteiger partial charge in [0.15, 0.2) is 11.5 Å². The van der Waals surface area contributed by atoms with E-state index in [0.29, 0.717) is 6.61 Å². The smallest absolute Gasteiger partial charge is 0.330 e. The lowest BCUT2D eigenvalue weighted by Gasteiger charge is -2.00. The maximum atomic E-state index is 10.8. The molecule has 100 valence electrons. The van der Waals surface area contributed by atoms with E-state index >= 15 is 0 Å². The summed E-state index contributed by atoms with van der Waals surface area (Å²) in [5.41, 5.74) is 1.73. The molecule has 0 fully saturated rings. The van der Waals surface area contributed by atoms with Gasteiger partial charge in [-0.1, -0.05) is 18.7 Å². The van der Waals surface area contributed by atoms with Crippen molar-refractivity contribution in [3.05, 3.63) is 42.8 Å². The monoisotopic (exact) mass is 259 g/mol. The van der Waals surface area contributed by atoms with Gasteiger partial charge in [-0.25, -0.2) is 9.78 Å². The van der Waals surface area contributed by atoms with Crippen molar-refractivity contribution in [1.82, 2.24) is 4.98 Å². The standard InChI is InChI=1S/C15H17NO3/c1-2-15(17)18-11-7-3-4-10-14-16-12-8-5-6-9-13(12)19-14/h2,5-6,8-9H,1,3-4,7,10-11H2. The van der Waals surface area contributed by atoms with Gasteiger partial charge in [0.1, 0.15) is 5.52 Å². The molecule has 4 nitrogen and oxygen atoms in total. The lowest BCUT2D eigenvalue weighted by Crippen LogP contribution is -2.01. The number of para-hydroxylation sites is 2. The van der Waals surface area contributed by atoms with Crippen LogP contribution in [-0.4, -0.2) is 17.6 Å². The quantitative estimate of drug-likeness (QED) is 0.435. The Bertz CT molecular complexity index is 526. The lowest BCUT2D eigenvalue weighted by molar-refractivity contribution is -0.137. The summed E-state index contributed by atoms with van der Waals surface area (Å²) in [6.45, 7) is 3.78. The van der Waals surface area contributed by atoms with Gasteiger partial charge < -0.3 is 9.15 Å². The van der Waals surface area contributed by atoms with Crippen molar-refractivity contribution in [3.63, 3.8) is 0 Å². The molecule has 2 aromatic rings. The highest BCUT2D eigenvalue weighted by atomic mass is 16.5. The van der Waals surface area contributed by atoms with E-state index in [2.05, 4.69) is 11.6 Å². The number of rotatable bonds is 7. The van der Waals surface area contributed by atoms with E-state index in [4.69, 9.17) is 9.15 Å². The summed E-state index contributed by atoms with van der Waals surface area (Å²) in [5, 5.41) is 0. The Morgan fingerprint density at radius 3 is 2.95 bits per heavy atom. The third-order valence-corrected chi connectivity index (χ3v) is 2.78. The second-order valence-corrected chi connectivity index (χ2v) is 4.26. The van der Waals surface area contributed by atoms with Crippen molar-refractivity contribution in [2.45, 2.75) is 25.7 Å². The topological polar surface area (TPSA) is 52.3 Å². The van der Waals surface area contributed by atoms with Crippen molar-refractivity contribution in [2.75, 3.05) is 6.61 Å². The Kier molecular flexibility index (Phi) is 4.72. The summed E-state index contributed by atoms with van der Waals surface area (Å²) in [6.07, 6.45) is 4.78. The fourth-order valence-electron chi connectivity index (χ4n) is 1.81. The number of hydrogen-bond donors (Lipinski definition) is 0. The molecule has 0 radical (unpaired) electrons. The van der Waals surface area contributed by atoms with Crippen molar-refractivity contribution in [2.24, 2.45) is 0 Å². The molecular formula is C15H17NO3. The normalized spacial score (nSPS) is 10.5. The van der Waals surface area contributed by atoms with Crippen LogP contribution < -0.4 is 0 Å². The Balaban J connectivity index is 1.68. The SMILES string of the molecule is C=CC(=O)OCCCCCc1nc2ccccc2o1. The molecule has 0 aliphatic heterocycles. The molecule has 0 amide bonds. The minimum atomic E-state index is -0.362. The second-order valence-electron chi connectivity index (χ2n) is 4.26. The molecule has 19 heavy (non-hydrogen) atoms. The third-order valence-electron chi connectivity index (χ3n) is 2.78. The summed E-state index contributed by atoms with van der Waals surface area (Å²) in [7, 11) is 0. The second kappa shape index (κ2) is 6.73. The average Bonchev–Trinajstić information content (AvgIpc) is 2.84. The Morgan fingerprint density at radius 2 is 2.16 bits per heavy atom. The number of oxazole rings is 1. The van der Waals surface area contributed by atoms with Gasteiger partial charge in [0, 0.05) is 12.5 Å². The van der Waals surface area contributed by atoms with Crippen LogP contribution in [-0.2, 0) is 16.0 Å². The molecule has 0 atom stereocenters. The van der Waals surface area contributed by atoms with E-state index in [1.165, 1.54) is 6.08 Å². The summed E-state index contributed by atoms with van der Waals surface area (Å²) in [4.78, 5) is 15.2. The molecule has 0 unspecified atom stereocenters. The first-order valence-corrected chi connectivity index (χ1v) is 6.43. The first-order valence-electron chi connectivity index (χ1n) is 6.43. The summed E-state index contributed by atoms with van der Waals surface area (Å²) in [5.74, 6) is 0.406. The van der Waals surface area contributed by atoms with Crippen LogP contribution in [0.2, 0.25) is 0 Å². The van der Waals surface area contributed by atoms with Gasteiger partial charge >= 0.3 is 5.97 Å². The van der Waals surface area contributed by atoms with Crippen LogP contribution in [0.25, 0.3) is 11.1 Å². The van der Waals surface area contributed by atoms with Crippen molar-refractivity contribution >= 4 is 17.1 Å². The number of fused-ring (bicyclic) bond motifs is 1. The summed E-state index contributed by atoms with van der Waals surface area (Å²) in [6, 6.07) is 7.74. The third kappa shape index (κ3) is 3.95. The van der Waals surface area contributed by atoms with E-state index in [1.807, 2.05) is 24.3 Å². The zero-order chi connectivity index (χ0) is 13.5. The van der Waals surface area contributed by atoms with Gasteiger partial charge in [-0.2, -0.15) is 0 Å². The van der Waals surface area contributed by atoms with Gasteiger partial charge in [0.2, 0.25) is 0 Å². The van der Waals surface area contributed by atoms with E-state index in [1.54, 1.807) is 0 Å². The molecule has 0 saturated carbocycles. The summed E-state index contributed by atoms with van der Waals surface area (Å²) >= 11 is 0. The minimum Gasteiger partial charge on any atom is -0.463 e. The number of hydrogen-bond acceptors (Lipinski definition) is 4. The number of carbonyl (C=O) groups is 1. The molecule has 0 saturated heterocycles. The molecule has 0 aliphatic rings. The lowest BCUT2D eigenvalue weighted by atomic mass is 10.2. The van der Waals surface area contributed by atoms with Gasteiger partial charge in [-0.15, -0.1) is 0 Å². The fourth-order valence-corrected chi connectivity index (χ4v) is 1.81. The Morgan fingerprint density at radius 1 is 1.32 bits per heavy atom. The molecule has 0 aliphatic carbocycles. The molecule has 2 rings (SSSR count). The maximum absolute atomic E-state index is 10.8. The maximum Gasteiger partial charge on any atom is 0.330 e. The average molecular weight is 259 g/mol. The zero-order valence-electron chi connectivity index (χ0n) is 10.8. The van der Waals surface area contributed by atoms with E-state index in [-0.39, 0.29) is 5.97 Å². The summed E-state index contributed by atoms with van der Waals surface area (Å²) < 4.78 is 10.5. The molecule has 1 aromatic carbocycles. The Hall–Kier alpha value is -2.10. The van der Waals surface area contributed by atoms with E-state index in [0.717, 1.165) is 42.7 Å². The molecule has 0 spiro atoms.